The van der Waals surface area contributed by atoms with Gasteiger partial charge in [-0.25, -0.2) is 9.78 Å². The summed E-state index contributed by atoms with van der Waals surface area (Å²) in [6, 6.07) is 10.8. The van der Waals surface area contributed by atoms with E-state index in [9.17, 15) is 14.4 Å². The normalized spacial score (nSPS) is 11.1. The van der Waals surface area contributed by atoms with E-state index in [-0.39, 0.29) is 35.1 Å². The first-order valence-corrected chi connectivity index (χ1v) is 10.2. The first kappa shape index (κ1) is 20.5. The third-order valence-corrected chi connectivity index (χ3v) is 5.51. The zero-order valence-electron chi connectivity index (χ0n) is 16.7. The van der Waals surface area contributed by atoms with Crippen molar-refractivity contribution in [1.29, 1.82) is 0 Å². The maximum atomic E-state index is 12.6. The first-order valence-electron chi connectivity index (χ1n) is 9.43. The number of esters is 1. The fourth-order valence-corrected chi connectivity index (χ4v) is 3.68. The van der Waals surface area contributed by atoms with Crippen LogP contribution < -0.4 is 10.9 Å². The van der Waals surface area contributed by atoms with E-state index in [2.05, 4.69) is 15.4 Å². The van der Waals surface area contributed by atoms with Crippen LogP contribution in [0.15, 0.2) is 57.9 Å². The van der Waals surface area contributed by atoms with Crippen molar-refractivity contribution in [2.45, 2.75) is 26.4 Å². The highest BCUT2D eigenvalue weighted by molar-refractivity contribution is 7.16. The highest BCUT2D eigenvalue weighted by atomic mass is 32.1. The van der Waals surface area contributed by atoms with Crippen molar-refractivity contribution in [2.75, 3.05) is 5.32 Å². The molecule has 0 aliphatic rings. The number of furan rings is 1. The highest BCUT2D eigenvalue weighted by Crippen LogP contribution is 2.21. The van der Waals surface area contributed by atoms with Crippen LogP contribution in [0.2, 0.25) is 0 Å². The molecule has 1 aromatic carbocycles. The second-order valence-corrected chi connectivity index (χ2v) is 7.92. The molecule has 0 saturated heterocycles. The van der Waals surface area contributed by atoms with Gasteiger partial charge < -0.3 is 14.5 Å². The number of nitrogens with zero attached hydrogens (tertiary/aromatic N) is 3. The Morgan fingerprint density at radius 3 is 2.77 bits per heavy atom. The molecule has 158 valence electrons. The van der Waals surface area contributed by atoms with Crippen LogP contribution in [-0.2, 0) is 11.3 Å². The quantitative estimate of drug-likeness (QED) is 0.458. The van der Waals surface area contributed by atoms with E-state index in [0.717, 1.165) is 5.01 Å². The molecule has 31 heavy (non-hydrogen) atoms. The number of para-hydroxylation sites is 1. The van der Waals surface area contributed by atoms with Crippen molar-refractivity contribution in [1.82, 2.24) is 14.6 Å². The summed E-state index contributed by atoms with van der Waals surface area (Å²) < 4.78 is 11.6. The van der Waals surface area contributed by atoms with Crippen LogP contribution in [0.3, 0.4) is 0 Å². The van der Waals surface area contributed by atoms with Gasteiger partial charge in [0.05, 0.1) is 23.2 Å². The summed E-state index contributed by atoms with van der Waals surface area (Å²) in [6.07, 6.45) is 1.38. The molecule has 4 aromatic rings. The van der Waals surface area contributed by atoms with Crippen molar-refractivity contribution in [3.05, 3.63) is 81.1 Å². The summed E-state index contributed by atoms with van der Waals surface area (Å²) in [5.74, 6) is -0.868. The molecular formula is C21H18N4O5S. The maximum Gasteiger partial charge on any atom is 0.340 e. The molecule has 0 radical (unpaired) electrons. The molecule has 10 heteroatoms. The Labute approximate surface area is 180 Å². The fraction of sp³-hybridized carbons (Fsp3) is 0.190. The lowest BCUT2D eigenvalue weighted by Crippen LogP contribution is -2.18. The number of carbonyl (C=O) groups is 2. The van der Waals surface area contributed by atoms with Crippen molar-refractivity contribution in [3.8, 4) is 0 Å². The van der Waals surface area contributed by atoms with Crippen LogP contribution >= 0.6 is 11.3 Å². The minimum Gasteiger partial charge on any atom is -0.459 e. The van der Waals surface area contributed by atoms with Gasteiger partial charge >= 0.3 is 5.97 Å². The number of nitrogens with one attached hydrogen (secondary N) is 1. The van der Waals surface area contributed by atoms with Crippen molar-refractivity contribution in [3.63, 3.8) is 0 Å². The molecule has 0 aliphatic heterocycles. The lowest BCUT2D eigenvalue weighted by atomic mass is 10.1. The van der Waals surface area contributed by atoms with Crippen molar-refractivity contribution >= 4 is 33.9 Å². The third-order valence-electron chi connectivity index (χ3n) is 4.30. The molecule has 0 aliphatic carbocycles. The van der Waals surface area contributed by atoms with Crippen LogP contribution in [0, 0.1) is 0 Å². The number of fused-ring (bicyclic) bond motifs is 1. The van der Waals surface area contributed by atoms with Gasteiger partial charge in [-0.3, -0.25) is 9.59 Å². The predicted molar refractivity (Wildman–Crippen MR) is 113 cm³/mol. The molecule has 0 bridgehead atoms. The number of ether oxygens (including phenoxy) is 1. The summed E-state index contributed by atoms with van der Waals surface area (Å²) in [5, 5.41) is 7.68. The Bertz CT molecular complexity index is 1310. The minimum atomic E-state index is -0.662. The largest absolute Gasteiger partial charge is 0.459 e. The predicted octanol–water partition coefficient (Wildman–Crippen LogP) is 3.48. The van der Waals surface area contributed by atoms with Gasteiger partial charge in [-0.05, 0) is 24.3 Å². The lowest BCUT2D eigenvalue weighted by Gasteiger charge is -2.10. The average Bonchev–Trinajstić information content (AvgIpc) is 3.43. The van der Waals surface area contributed by atoms with Gasteiger partial charge in [-0.2, -0.15) is 9.61 Å². The van der Waals surface area contributed by atoms with Gasteiger partial charge in [0.25, 0.3) is 11.5 Å². The smallest absolute Gasteiger partial charge is 0.340 e. The summed E-state index contributed by atoms with van der Waals surface area (Å²) >= 11 is 1.32. The Hall–Kier alpha value is -3.79. The van der Waals surface area contributed by atoms with Crippen LogP contribution in [-0.4, -0.2) is 26.5 Å². The second-order valence-electron chi connectivity index (χ2n) is 6.93. The van der Waals surface area contributed by atoms with Gasteiger partial charge in [0.1, 0.15) is 11.6 Å². The van der Waals surface area contributed by atoms with Gasteiger partial charge in [0.2, 0.25) is 4.96 Å². The van der Waals surface area contributed by atoms with Gasteiger partial charge in [-0.1, -0.05) is 37.3 Å². The van der Waals surface area contributed by atoms with Crippen molar-refractivity contribution in [2.24, 2.45) is 0 Å². The molecule has 0 fully saturated rings. The standard InChI is InChI=1S/C21H18N4O5S/c1-12(2)19-24-25-17(26)10-13(22-21(25)31-19)11-30-20(28)14-6-3-4-7-15(14)23-18(27)16-8-5-9-29-16/h3-10,12H,11H2,1-2H3,(H,23,27). The third kappa shape index (κ3) is 4.38. The summed E-state index contributed by atoms with van der Waals surface area (Å²) in [4.78, 5) is 42.0. The van der Waals surface area contributed by atoms with Gasteiger partial charge in [0.15, 0.2) is 5.76 Å². The number of hydrogen-bond acceptors (Lipinski definition) is 8. The van der Waals surface area contributed by atoms with Crippen LogP contribution in [0.4, 0.5) is 5.69 Å². The second kappa shape index (κ2) is 8.52. The molecule has 0 spiro atoms. The molecular weight excluding hydrogens is 420 g/mol. The number of aromatic nitrogens is 3. The molecule has 0 saturated carbocycles. The number of amides is 1. The maximum absolute atomic E-state index is 12.6. The fourth-order valence-electron chi connectivity index (χ4n) is 2.76. The molecule has 1 N–H and O–H groups in total. The van der Waals surface area contributed by atoms with Gasteiger partial charge in [0, 0.05) is 12.0 Å². The SMILES string of the molecule is CC(C)c1nn2c(=O)cc(COC(=O)c3ccccc3NC(=O)c3ccco3)nc2s1. The van der Waals surface area contributed by atoms with E-state index in [1.54, 1.807) is 24.3 Å². The summed E-state index contributed by atoms with van der Waals surface area (Å²) in [6.45, 7) is 3.76. The monoisotopic (exact) mass is 438 g/mol. The Morgan fingerprint density at radius 1 is 1.23 bits per heavy atom. The molecule has 9 nitrogen and oxygen atoms in total. The van der Waals surface area contributed by atoms with E-state index in [1.165, 1.54) is 40.3 Å². The Balaban J connectivity index is 1.50. The Kier molecular flexibility index (Phi) is 5.63. The molecule has 0 atom stereocenters. The zero-order chi connectivity index (χ0) is 22.0. The van der Waals surface area contributed by atoms with Crippen LogP contribution in [0.5, 0.6) is 0 Å². The average molecular weight is 438 g/mol. The molecule has 1 amide bonds. The zero-order valence-corrected chi connectivity index (χ0v) is 17.5. The number of carbonyl (C=O) groups excluding carboxylic acids is 2. The van der Waals surface area contributed by atoms with Crippen molar-refractivity contribution < 1.29 is 18.7 Å². The summed E-state index contributed by atoms with van der Waals surface area (Å²) in [5.41, 5.74) is 0.418. The minimum absolute atomic E-state index is 0.117. The molecule has 0 unspecified atom stereocenters. The van der Waals surface area contributed by atoms with E-state index >= 15 is 0 Å². The number of hydrogen-bond donors (Lipinski definition) is 1. The van der Waals surface area contributed by atoms with Crippen LogP contribution in [0.25, 0.3) is 4.96 Å². The topological polar surface area (TPSA) is 116 Å². The van der Waals surface area contributed by atoms with E-state index in [4.69, 9.17) is 9.15 Å². The lowest BCUT2D eigenvalue weighted by molar-refractivity contribution is 0.0469. The van der Waals surface area contributed by atoms with Crippen LogP contribution in [0.1, 0.15) is 51.4 Å². The molecule has 4 rings (SSSR count). The van der Waals surface area contributed by atoms with E-state index < -0.39 is 11.9 Å². The molecule has 3 aromatic heterocycles. The van der Waals surface area contributed by atoms with Gasteiger partial charge in [-0.15, -0.1) is 0 Å². The first-order chi connectivity index (χ1) is 14.9. The Morgan fingerprint density at radius 2 is 2.03 bits per heavy atom. The van der Waals surface area contributed by atoms with E-state index in [1.807, 2.05) is 13.8 Å². The number of benzene rings is 1. The van der Waals surface area contributed by atoms with E-state index in [0.29, 0.717) is 10.7 Å². The number of rotatable bonds is 6. The molecule has 3 heterocycles. The highest BCUT2D eigenvalue weighted by Gasteiger charge is 2.17. The number of anilines is 1. The summed E-state index contributed by atoms with van der Waals surface area (Å²) in [7, 11) is 0.